The zero-order valence-electron chi connectivity index (χ0n) is 15.2. The van der Waals surface area contributed by atoms with E-state index in [1.54, 1.807) is 37.4 Å². The summed E-state index contributed by atoms with van der Waals surface area (Å²) >= 11 is 0. The predicted octanol–water partition coefficient (Wildman–Crippen LogP) is 3.04. The molecule has 0 bridgehead atoms. The van der Waals surface area contributed by atoms with Gasteiger partial charge in [0, 0.05) is 20.0 Å². The van der Waals surface area contributed by atoms with Crippen LogP contribution in [0, 0.1) is 0 Å². The highest BCUT2D eigenvalue weighted by Gasteiger charge is 2.18. The third-order valence-electron chi connectivity index (χ3n) is 4.25. The SMILES string of the molecule is CN(Cc1ccc(OC(F)F)cc1)C(=O)COC(=O)c1ccc2c(c1)CCO2. The molecule has 1 aliphatic rings. The van der Waals surface area contributed by atoms with E-state index in [2.05, 4.69) is 4.74 Å². The number of carbonyl (C=O) groups excluding carboxylic acids is 2. The second-order valence-electron chi connectivity index (χ2n) is 6.27. The first-order chi connectivity index (χ1) is 13.4. The Morgan fingerprint density at radius 1 is 1.18 bits per heavy atom. The third kappa shape index (κ3) is 4.97. The maximum absolute atomic E-state index is 12.2. The van der Waals surface area contributed by atoms with Crippen LogP contribution >= 0.6 is 0 Å². The molecule has 0 saturated carbocycles. The number of fused-ring (bicyclic) bond motifs is 1. The number of halogens is 2. The number of carbonyl (C=O) groups is 2. The molecule has 8 heteroatoms. The summed E-state index contributed by atoms with van der Waals surface area (Å²) in [6.07, 6.45) is 0.735. The largest absolute Gasteiger partial charge is 0.493 e. The van der Waals surface area contributed by atoms with E-state index < -0.39 is 19.2 Å². The summed E-state index contributed by atoms with van der Waals surface area (Å²) in [4.78, 5) is 25.7. The average Bonchev–Trinajstić information content (AvgIpc) is 3.14. The molecule has 1 heterocycles. The Hall–Kier alpha value is -3.16. The van der Waals surface area contributed by atoms with Gasteiger partial charge in [0.05, 0.1) is 12.2 Å². The highest BCUT2D eigenvalue weighted by Crippen LogP contribution is 2.26. The van der Waals surface area contributed by atoms with E-state index in [0.29, 0.717) is 12.2 Å². The summed E-state index contributed by atoms with van der Waals surface area (Å²) < 4.78 is 39.1. The van der Waals surface area contributed by atoms with Gasteiger partial charge >= 0.3 is 12.6 Å². The predicted molar refractivity (Wildman–Crippen MR) is 95.5 cm³/mol. The lowest BCUT2D eigenvalue weighted by Crippen LogP contribution is -2.30. The highest BCUT2D eigenvalue weighted by molar-refractivity contribution is 5.91. The van der Waals surface area contributed by atoms with E-state index in [9.17, 15) is 18.4 Å². The summed E-state index contributed by atoms with van der Waals surface area (Å²) in [7, 11) is 1.56. The lowest BCUT2D eigenvalue weighted by molar-refractivity contribution is -0.133. The van der Waals surface area contributed by atoms with E-state index in [-0.39, 0.29) is 18.2 Å². The van der Waals surface area contributed by atoms with E-state index in [1.165, 1.54) is 17.0 Å². The van der Waals surface area contributed by atoms with Gasteiger partial charge in [-0.15, -0.1) is 0 Å². The Morgan fingerprint density at radius 3 is 2.64 bits per heavy atom. The molecule has 1 amide bonds. The molecule has 0 N–H and O–H groups in total. The van der Waals surface area contributed by atoms with Gasteiger partial charge in [0.1, 0.15) is 11.5 Å². The molecule has 0 radical (unpaired) electrons. The average molecular weight is 391 g/mol. The topological polar surface area (TPSA) is 65.1 Å². The van der Waals surface area contributed by atoms with Crippen LogP contribution in [0.3, 0.4) is 0 Å². The fourth-order valence-corrected chi connectivity index (χ4v) is 2.77. The minimum atomic E-state index is -2.89. The standard InChI is InChI=1S/C20H19F2NO5/c1-23(11-13-2-5-16(6-3-13)28-20(21)22)18(24)12-27-19(25)15-4-7-17-14(10-15)8-9-26-17/h2-7,10,20H,8-9,11-12H2,1H3. The second kappa shape index (κ2) is 8.69. The number of ether oxygens (including phenoxy) is 3. The first-order valence-corrected chi connectivity index (χ1v) is 8.63. The molecule has 2 aromatic rings. The number of rotatable bonds is 7. The van der Waals surface area contributed by atoms with Crippen molar-refractivity contribution in [2.24, 2.45) is 0 Å². The first kappa shape index (κ1) is 19.6. The van der Waals surface area contributed by atoms with E-state index in [0.717, 1.165) is 23.3 Å². The van der Waals surface area contributed by atoms with Crippen LogP contribution < -0.4 is 9.47 Å². The van der Waals surface area contributed by atoms with Crippen molar-refractivity contribution < 1.29 is 32.6 Å². The van der Waals surface area contributed by atoms with Gasteiger partial charge < -0.3 is 19.1 Å². The Balaban J connectivity index is 1.49. The number of alkyl halides is 2. The van der Waals surface area contributed by atoms with Crippen LogP contribution in [0.1, 0.15) is 21.5 Å². The van der Waals surface area contributed by atoms with Gasteiger partial charge in [-0.25, -0.2) is 4.79 Å². The van der Waals surface area contributed by atoms with E-state index >= 15 is 0 Å². The molecule has 6 nitrogen and oxygen atoms in total. The van der Waals surface area contributed by atoms with Crippen molar-refractivity contribution in [1.82, 2.24) is 4.90 Å². The van der Waals surface area contributed by atoms with Crippen LogP contribution in [0.25, 0.3) is 0 Å². The summed E-state index contributed by atoms with van der Waals surface area (Å²) in [5.41, 5.74) is 2.04. The second-order valence-corrected chi connectivity index (χ2v) is 6.27. The van der Waals surface area contributed by atoms with Crippen LogP contribution in [0.4, 0.5) is 8.78 Å². The van der Waals surface area contributed by atoms with Gasteiger partial charge in [-0.3, -0.25) is 4.79 Å². The van der Waals surface area contributed by atoms with Crippen LogP contribution in [0.5, 0.6) is 11.5 Å². The number of benzene rings is 2. The monoisotopic (exact) mass is 391 g/mol. The Bertz CT molecular complexity index is 854. The summed E-state index contributed by atoms with van der Waals surface area (Å²) in [6, 6.07) is 11.0. The minimum absolute atomic E-state index is 0.0430. The smallest absolute Gasteiger partial charge is 0.387 e. The van der Waals surface area contributed by atoms with Crippen molar-refractivity contribution >= 4 is 11.9 Å². The summed E-state index contributed by atoms with van der Waals surface area (Å²) in [6.45, 7) is -2.45. The quantitative estimate of drug-likeness (QED) is 0.679. The van der Waals surface area contributed by atoms with Crippen molar-refractivity contribution in [3.8, 4) is 11.5 Å². The van der Waals surface area contributed by atoms with E-state index in [1.807, 2.05) is 0 Å². The maximum Gasteiger partial charge on any atom is 0.387 e. The molecule has 0 unspecified atom stereocenters. The molecule has 28 heavy (non-hydrogen) atoms. The van der Waals surface area contributed by atoms with Gasteiger partial charge in [-0.1, -0.05) is 12.1 Å². The molecule has 0 aliphatic carbocycles. The number of esters is 1. The van der Waals surface area contributed by atoms with Crippen LogP contribution in [0.2, 0.25) is 0 Å². The van der Waals surface area contributed by atoms with Crippen molar-refractivity contribution in [3.05, 3.63) is 59.2 Å². The zero-order chi connectivity index (χ0) is 20.1. The van der Waals surface area contributed by atoms with Crippen molar-refractivity contribution in [1.29, 1.82) is 0 Å². The molecule has 0 fully saturated rings. The molecular formula is C20H19F2NO5. The van der Waals surface area contributed by atoms with Crippen LogP contribution in [0.15, 0.2) is 42.5 Å². The summed E-state index contributed by atoms with van der Waals surface area (Å²) in [5.74, 6) is -0.158. The van der Waals surface area contributed by atoms with E-state index in [4.69, 9.17) is 9.47 Å². The molecular weight excluding hydrogens is 372 g/mol. The Labute approximate surface area is 160 Å². The number of likely N-dealkylation sites (N-methyl/N-ethyl adjacent to an activating group) is 1. The van der Waals surface area contributed by atoms with Gasteiger partial charge in [-0.2, -0.15) is 8.78 Å². The van der Waals surface area contributed by atoms with Gasteiger partial charge in [0.2, 0.25) is 0 Å². The molecule has 0 spiro atoms. The van der Waals surface area contributed by atoms with Crippen molar-refractivity contribution in [3.63, 3.8) is 0 Å². The highest BCUT2D eigenvalue weighted by atomic mass is 19.3. The lowest BCUT2D eigenvalue weighted by Gasteiger charge is -2.17. The van der Waals surface area contributed by atoms with Crippen LogP contribution in [-0.2, 0) is 22.5 Å². The number of hydrogen-bond acceptors (Lipinski definition) is 5. The fraction of sp³-hybridized carbons (Fsp3) is 0.300. The summed E-state index contributed by atoms with van der Waals surface area (Å²) in [5, 5.41) is 0. The Morgan fingerprint density at radius 2 is 1.93 bits per heavy atom. The Kier molecular flexibility index (Phi) is 6.08. The van der Waals surface area contributed by atoms with Gasteiger partial charge in [0.25, 0.3) is 5.91 Å². The first-order valence-electron chi connectivity index (χ1n) is 8.63. The number of hydrogen-bond donors (Lipinski definition) is 0. The van der Waals surface area contributed by atoms with Gasteiger partial charge in [0.15, 0.2) is 6.61 Å². The normalized spacial score (nSPS) is 12.3. The molecule has 148 valence electrons. The zero-order valence-corrected chi connectivity index (χ0v) is 15.2. The van der Waals surface area contributed by atoms with Crippen LogP contribution in [-0.4, -0.2) is 43.6 Å². The molecule has 0 saturated heterocycles. The molecule has 0 atom stereocenters. The van der Waals surface area contributed by atoms with Gasteiger partial charge in [-0.05, 0) is 41.5 Å². The molecule has 1 aliphatic heterocycles. The fourth-order valence-electron chi connectivity index (χ4n) is 2.77. The van der Waals surface area contributed by atoms with Crippen molar-refractivity contribution in [2.45, 2.75) is 19.6 Å². The maximum atomic E-state index is 12.2. The van der Waals surface area contributed by atoms with Crippen molar-refractivity contribution in [2.75, 3.05) is 20.3 Å². The number of amides is 1. The molecule has 2 aromatic carbocycles. The molecule has 0 aromatic heterocycles. The number of nitrogens with zero attached hydrogens (tertiary/aromatic N) is 1. The molecule has 3 rings (SSSR count). The minimum Gasteiger partial charge on any atom is -0.493 e. The third-order valence-corrected chi connectivity index (χ3v) is 4.25. The lowest BCUT2D eigenvalue weighted by atomic mass is 10.1.